The summed E-state index contributed by atoms with van der Waals surface area (Å²) in [5.74, 6) is -0.501. The third-order valence-corrected chi connectivity index (χ3v) is 2.66. The molecule has 0 atom stereocenters. The van der Waals surface area contributed by atoms with Crippen molar-refractivity contribution in [2.24, 2.45) is 5.92 Å². The van der Waals surface area contributed by atoms with Gasteiger partial charge in [-0.3, -0.25) is 0 Å². The maximum atomic E-state index is 11.2. The number of nitrogens with zero attached hydrogens (tertiary/aromatic N) is 3. The summed E-state index contributed by atoms with van der Waals surface area (Å²) in [7, 11) is 0. The molecule has 19 heavy (non-hydrogen) atoms. The van der Waals surface area contributed by atoms with Crippen LogP contribution in [-0.4, -0.2) is 39.3 Å². The Kier molecular flexibility index (Phi) is 4.11. The van der Waals surface area contributed by atoms with Crippen molar-refractivity contribution in [3.05, 3.63) is 23.8 Å². The number of fused-ring (bicyclic) bond motifs is 1. The SMILES string of the molecule is CC(C)COCCn1nnc2cccc(C(=O)O)c21. The monoisotopic (exact) mass is 263 g/mol. The molecule has 0 unspecified atom stereocenters. The van der Waals surface area contributed by atoms with Gasteiger partial charge >= 0.3 is 5.97 Å². The summed E-state index contributed by atoms with van der Waals surface area (Å²) in [5, 5.41) is 17.1. The number of ether oxygens (including phenoxy) is 1. The lowest BCUT2D eigenvalue weighted by Gasteiger charge is -2.07. The summed E-state index contributed by atoms with van der Waals surface area (Å²) >= 11 is 0. The molecule has 1 aromatic carbocycles. The predicted molar refractivity (Wildman–Crippen MR) is 70.1 cm³/mol. The zero-order valence-electron chi connectivity index (χ0n) is 11.0. The van der Waals surface area contributed by atoms with Crippen LogP contribution in [0.5, 0.6) is 0 Å². The molecule has 6 heteroatoms. The van der Waals surface area contributed by atoms with E-state index in [2.05, 4.69) is 24.2 Å². The number of para-hydroxylation sites is 1. The summed E-state index contributed by atoms with van der Waals surface area (Å²) in [6.45, 7) is 5.82. The molecular weight excluding hydrogens is 246 g/mol. The first-order valence-corrected chi connectivity index (χ1v) is 6.23. The predicted octanol–water partition coefficient (Wildman–Crippen LogP) is 1.80. The van der Waals surface area contributed by atoms with E-state index >= 15 is 0 Å². The molecule has 0 spiro atoms. The summed E-state index contributed by atoms with van der Waals surface area (Å²) in [6, 6.07) is 4.97. The Bertz CT molecular complexity index is 578. The minimum Gasteiger partial charge on any atom is -0.478 e. The van der Waals surface area contributed by atoms with Crippen molar-refractivity contribution in [2.75, 3.05) is 13.2 Å². The second-order valence-electron chi connectivity index (χ2n) is 4.76. The maximum Gasteiger partial charge on any atom is 0.337 e. The quantitative estimate of drug-likeness (QED) is 0.804. The van der Waals surface area contributed by atoms with Crippen LogP contribution in [0.2, 0.25) is 0 Å². The van der Waals surface area contributed by atoms with Gasteiger partial charge in [0.05, 0.1) is 18.7 Å². The minimum atomic E-state index is -0.975. The molecule has 0 radical (unpaired) electrons. The number of aromatic carboxylic acids is 1. The van der Waals surface area contributed by atoms with Crippen LogP contribution in [0.4, 0.5) is 0 Å². The van der Waals surface area contributed by atoms with Crippen molar-refractivity contribution in [1.82, 2.24) is 15.0 Å². The molecule has 0 bridgehead atoms. The van der Waals surface area contributed by atoms with Gasteiger partial charge in [0.25, 0.3) is 0 Å². The molecule has 0 aliphatic rings. The Morgan fingerprint density at radius 1 is 1.47 bits per heavy atom. The van der Waals surface area contributed by atoms with Crippen molar-refractivity contribution < 1.29 is 14.6 Å². The van der Waals surface area contributed by atoms with E-state index in [4.69, 9.17) is 9.84 Å². The molecule has 0 saturated heterocycles. The van der Waals surface area contributed by atoms with E-state index in [1.807, 2.05) is 0 Å². The molecule has 1 heterocycles. The molecule has 102 valence electrons. The van der Waals surface area contributed by atoms with Gasteiger partial charge in [-0.15, -0.1) is 5.10 Å². The average Bonchev–Trinajstić information content (AvgIpc) is 2.77. The zero-order chi connectivity index (χ0) is 13.8. The fourth-order valence-corrected chi connectivity index (χ4v) is 1.83. The first-order valence-electron chi connectivity index (χ1n) is 6.23. The molecule has 0 amide bonds. The lowest BCUT2D eigenvalue weighted by molar-refractivity contribution is 0.0698. The van der Waals surface area contributed by atoms with Crippen LogP contribution < -0.4 is 0 Å². The van der Waals surface area contributed by atoms with Crippen molar-refractivity contribution in [1.29, 1.82) is 0 Å². The highest BCUT2D eigenvalue weighted by Crippen LogP contribution is 2.16. The molecule has 0 saturated carbocycles. The van der Waals surface area contributed by atoms with Crippen LogP contribution >= 0.6 is 0 Å². The van der Waals surface area contributed by atoms with Crippen molar-refractivity contribution in [2.45, 2.75) is 20.4 Å². The largest absolute Gasteiger partial charge is 0.478 e. The van der Waals surface area contributed by atoms with Crippen LogP contribution in [-0.2, 0) is 11.3 Å². The number of carboxylic acids is 1. The number of hydrogen-bond acceptors (Lipinski definition) is 4. The van der Waals surface area contributed by atoms with Gasteiger partial charge in [-0.25, -0.2) is 9.48 Å². The molecule has 6 nitrogen and oxygen atoms in total. The van der Waals surface area contributed by atoms with Crippen LogP contribution in [0.3, 0.4) is 0 Å². The summed E-state index contributed by atoms with van der Waals surface area (Å²) in [5.41, 5.74) is 1.35. The van der Waals surface area contributed by atoms with Gasteiger partial charge in [-0.05, 0) is 18.1 Å². The highest BCUT2D eigenvalue weighted by Gasteiger charge is 2.14. The van der Waals surface area contributed by atoms with E-state index in [-0.39, 0.29) is 5.56 Å². The first kappa shape index (κ1) is 13.5. The van der Waals surface area contributed by atoms with Gasteiger partial charge in [-0.1, -0.05) is 25.1 Å². The van der Waals surface area contributed by atoms with E-state index in [1.165, 1.54) is 0 Å². The Hall–Kier alpha value is -1.95. The summed E-state index contributed by atoms with van der Waals surface area (Å²) in [4.78, 5) is 11.2. The fourth-order valence-electron chi connectivity index (χ4n) is 1.83. The smallest absolute Gasteiger partial charge is 0.337 e. The van der Waals surface area contributed by atoms with Crippen LogP contribution in [0.15, 0.2) is 18.2 Å². The van der Waals surface area contributed by atoms with Gasteiger partial charge < -0.3 is 9.84 Å². The zero-order valence-corrected chi connectivity index (χ0v) is 11.0. The lowest BCUT2D eigenvalue weighted by Crippen LogP contribution is -2.12. The molecule has 2 rings (SSSR count). The highest BCUT2D eigenvalue weighted by atomic mass is 16.5. The molecule has 1 N–H and O–H groups in total. The average molecular weight is 263 g/mol. The number of carbonyl (C=O) groups is 1. The number of aromatic nitrogens is 3. The van der Waals surface area contributed by atoms with E-state index < -0.39 is 5.97 Å². The van der Waals surface area contributed by atoms with Gasteiger partial charge in [-0.2, -0.15) is 0 Å². The standard InChI is InChI=1S/C13H17N3O3/c1-9(2)8-19-7-6-16-12-10(13(17)18)4-3-5-11(12)14-15-16/h3-5,9H,6-8H2,1-2H3,(H,17,18). The number of rotatable bonds is 6. The van der Waals surface area contributed by atoms with Crippen molar-refractivity contribution >= 4 is 17.0 Å². The fraction of sp³-hybridized carbons (Fsp3) is 0.462. The molecule has 0 aliphatic carbocycles. The second kappa shape index (κ2) is 5.79. The lowest BCUT2D eigenvalue weighted by atomic mass is 10.2. The van der Waals surface area contributed by atoms with E-state index in [9.17, 15) is 4.79 Å². The molecule has 0 aliphatic heterocycles. The normalized spacial score (nSPS) is 11.3. The van der Waals surface area contributed by atoms with Crippen LogP contribution in [0, 0.1) is 5.92 Å². The van der Waals surface area contributed by atoms with Crippen LogP contribution in [0.25, 0.3) is 11.0 Å². The van der Waals surface area contributed by atoms with Crippen molar-refractivity contribution in [3.63, 3.8) is 0 Å². The van der Waals surface area contributed by atoms with E-state index in [1.54, 1.807) is 22.9 Å². The number of benzene rings is 1. The first-order chi connectivity index (χ1) is 9.09. The maximum absolute atomic E-state index is 11.2. The summed E-state index contributed by atoms with van der Waals surface area (Å²) < 4.78 is 7.06. The molecule has 2 aromatic rings. The van der Waals surface area contributed by atoms with E-state index in [0.717, 1.165) is 0 Å². The topological polar surface area (TPSA) is 77.2 Å². The Labute approximate surface area is 111 Å². The van der Waals surface area contributed by atoms with E-state index in [0.29, 0.717) is 36.7 Å². The number of carboxylic acid groups (broad SMARTS) is 1. The molecular formula is C13H17N3O3. The van der Waals surface area contributed by atoms with Crippen LogP contribution in [0.1, 0.15) is 24.2 Å². The molecule has 0 fully saturated rings. The third-order valence-electron chi connectivity index (χ3n) is 2.66. The molecule has 1 aromatic heterocycles. The Morgan fingerprint density at radius 2 is 2.26 bits per heavy atom. The Balaban J connectivity index is 2.17. The summed E-state index contributed by atoms with van der Waals surface area (Å²) in [6.07, 6.45) is 0. The minimum absolute atomic E-state index is 0.214. The highest BCUT2D eigenvalue weighted by molar-refractivity contribution is 6.00. The van der Waals surface area contributed by atoms with Crippen molar-refractivity contribution in [3.8, 4) is 0 Å². The number of hydrogen-bond donors (Lipinski definition) is 1. The van der Waals surface area contributed by atoms with Gasteiger partial charge in [0.2, 0.25) is 0 Å². The third kappa shape index (κ3) is 3.08. The van der Waals surface area contributed by atoms with Gasteiger partial charge in [0.15, 0.2) is 0 Å². The van der Waals surface area contributed by atoms with Gasteiger partial charge in [0, 0.05) is 6.61 Å². The second-order valence-corrected chi connectivity index (χ2v) is 4.76. The van der Waals surface area contributed by atoms with Gasteiger partial charge in [0.1, 0.15) is 11.0 Å². The Morgan fingerprint density at radius 3 is 2.95 bits per heavy atom.